The summed E-state index contributed by atoms with van der Waals surface area (Å²) in [7, 11) is 1.77. The van der Waals surface area contributed by atoms with Crippen LogP contribution in [0.4, 0.5) is 11.4 Å². The van der Waals surface area contributed by atoms with Gasteiger partial charge in [-0.15, -0.1) is 12.4 Å². The highest BCUT2D eigenvalue weighted by Gasteiger charge is 2.15. The number of hydrogen-bond acceptors (Lipinski definition) is 4. The number of carbonyl (C=O) groups excluding carboxylic acids is 1. The van der Waals surface area contributed by atoms with E-state index in [1.807, 2.05) is 0 Å². The molecule has 0 saturated heterocycles. The third kappa shape index (κ3) is 4.84. The molecule has 0 aliphatic rings. The van der Waals surface area contributed by atoms with E-state index in [-0.39, 0.29) is 29.9 Å². The zero-order valence-electron chi connectivity index (χ0n) is 11.1. The van der Waals surface area contributed by atoms with Crippen molar-refractivity contribution < 1.29 is 9.72 Å². The maximum atomic E-state index is 11.8. The number of halogens is 1. The molecule has 0 radical (unpaired) electrons. The summed E-state index contributed by atoms with van der Waals surface area (Å²) in [6.07, 6.45) is 0. The van der Waals surface area contributed by atoms with Crippen molar-refractivity contribution in [3.05, 3.63) is 33.9 Å². The van der Waals surface area contributed by atoms with Crippen LogP contribution in [0.1, 0.15) is 12.5 Å². The van der Waals surface area contributed by atoms with Gasteiger partial charge in [-0.25, -0.2) is 0 Å². The standard InChI is InChI=1S/C12H17N3O3.ClH/c1-8-4-5-10(15(17)18)6-11(8)14-12(16)9(2)7-13-3;/h4-6,9,13H,7H2,1-3H3,(H,14,16);1H. The van der Waals surface area contributed by atoms with Gasteiger partial charge in [-0.1, -0.05) is 13.0 Å². The third-order valence-electron chi connectivity index (χ3n) is 2.65. The summed E-state index contributed by atoms with van der Waals surface area (Å²) in [5, 5.41) is 16.3. The van der Waals surface area contributed by atoms with Gasteiger partial charge in [-0.2, -0.15) is 0 Å². The number of nitrogens with zero attached hydrogens (tertiary/aromatic N) is 1. The van der Waals surface area contributed by atoms with Gasteiger partial charge in [0.25, 0.3) is 5.69 Å². The molecule has 0 bridgehead atoms. The summed E-state index contributed by atoms with van der Waals surface area (Å²) in [6, 6.07) is 4.41. The maximum Gasteiger partial charge on any atom is 0.271 e. The molecule has 1 aromatic carbocycles. The van der Waals surface area contributed by atoms with Crippen LogP contribution in [0.3, 0.4) is 0 Å². The number of nitrogens with one attached hydrogen (secondary N) is 2. The molecule has 1 aromatic rings. The molecule has 0 spiro atoms. The number of non-ortho nitro benzene ring substituents is 1. The summed E-state index contributed by atoms with van der Waals surface area (Å²) in [4.78, 5) is 22.0. The monoisotopic (exact) mass is 287 g/mol. The molecule has 0 saturated carbocycles. The number of aryl methyl sites for hydroxylation is 1. The lowest BCUT2D eigenvalue weighted by atomic mass is 10.1. The summed E-state index contributed by atoms with van der Waals surface area (Å²) in [6.45, 7) is 4.14. The van der Waals surface area contributed by atoms with Crippen molar-refractivity contribution in [2.24, 2.45) is 5.92 Å². The number of carbonyl (C=O) groups is 1. The van der Waals surface area contributed by atoms with Gasteiger partial charge in [-0.3, -0.25) is 14.9 Å². The zero-order chi connectivity index (χ0) is 13.7. The highest BCUT2D eigenvalue weighted by atomic mass is 35.5. The minimum Gasteiger partial charge on any atom is -0.325 e. The van der Waals surface area contributed by atoms with Crippen LogP contribution in [-0.2, 0) is 4.79 Å². The average molecular weight is 288 g/mol. The van der Waals surface area contributed by atoms with Gasteiger partial charge in [-0.05, 0) is 19.5 Å². The highest BCUT2D eigenvalue weighted by Crippen LogP contribution is 2.22. The van der Waals surface area contributed by atoms with Gasteiger partial charge in [0.05, 0.1) is 10.6 Å². The molecular weight excluding hydrogens is 270 g/mol. The Hall–Kier alpha value is -1.66. The van der Waals surface area contributed by atoms with Crippen LogP contribution in [0.2, 0.25) is 0 Å². The Morgan fingerprint density at radius 1 is 1.47 bits per heavy atom. The summed E-state index contributed by atoms with van der Waals surface area (Å²) < 4.78 is 0. The van der Waals surface area contributed by atoms with E-state index in [2.05, 4.69) is 10.6 Å². The Labute approximate surface area is 118 Å². The first kappa shape index (κ1) is 17.3. The fourth-order valence-electron chi connectivity index (χ4n) is 1.51. The van der Waals surface area contributed by atoms with Crippen molar-refractivity contribution in [2.45, 2.75) is 13.8 Å². The van der Waals surface area contributed by atoms with Gasteiger partial charge >= 0.3 is 0 Å². The first-order valence-electron chi connectivity index (χ1n) is 5.66. The molecule has 0 aromatic heterocycles. The van der Waals surface area contributed by atoms with E-state index in [1.165, 1.54) is 12.1 Å². The quantitative estimate of drug-likeness (QED) is 0.642. The smallest absolute Gasteiger partial charge is 0.271 e. The maximum absolute atomic E-state index is 11.8. The number of nitro benzene ring substituents is 1. The fraction of sp³-hybridized carbons (Fsp3) is 0.417. The van der Waals surface area contributed by atoms with Crippen LogP contribution >= 0.6 is 12.4 Å². The molecule has 1 amide bonds. The van der Waals surface area contributed by atoms with Gasteiger partial charge in [0.2, 0.25) is 5.91 Å². The van der Waals surface area contributed by atoms with Crippen molar-refractivity contribution in [1.82, 2.24) is 5.32 Å². The van der Waals surface area contributed by atoms with E-state index in [0.29, 0.717) is 12.2 Å². The normalized spacial score (nSPS) is 11.3. The molecule has 1 rings (SSSR count). The van der Waals surface area contributed by atoms with E-state index in [9.17, 15) is 14.9 Å². The Bertz CT molecular complexity index is 466. The van der Waals surface area contributed by atoms with Gasteiger partial charge in [0, 0.05) is 24.6 Å². The van der Waals surface area contributed by atoms with Crippen molar-refractivity contribution in [1.29, 1.82) is 0 Å². The number of amides is 1. The van der Waals surface area contributed by atoms with E-state index in [4.69, 9.17) is 0 Å². The summed E-state index contributed by atoms with van der Waals surface area (Å²) in [5.41, 5.74) is 1.25. The first-order chi connectivity index (χ1) is 8.45. The number of hydrogen-bond donors (Lipinski definition) is 2. The van der Waals surface area contributed by atoms with Crippen molar-refractivity contribution in [2.75, 3.05) is 18.9 Å². The second kappa shape index (κ2) is 7.70. The molecule has 1 unspecified atom stereocenters. The molecule has 19 heavy (non-hydrogen) atoms. The van der Waals surface area contributed by atoms with Crippen molar-refractivity contribution in [3.63, 3.8) is 0 Å². The topological polar surface area (TPSA) is 84.3 Å². The molecule has 0 fully saturated rings. The highest BCUT2D eigenvalue weighted by molar-refractivity contribution is 5.93. The summed E-state index contributed by atoms with van der Waals surface area (Å²) >= 11 is 0. The Morgan fingerprint density at radius 2 is 2.11 bits per heavy atom. The molecule has 0 aliphatic carbocycles. The van der Waals surface area contributed by atoms with Crippen LogP contribution in [0.5, 0.6) is 0 Å². The Kier molecular flexibility index (Phi) is 7.03. The first-order valence-corrected chi connectivity index (χ1v) is 5.66. The van der Waals surface area contributed by atoms with Crippen LogP contribution in [0.25, 0.3) is 0 Å². The lowest BCUT2D eigenvalue weighted by molar-refractivity contribution is -0.384. The zero-order valence-corrected chi connectivity index (χ0v) is 11.9. The molecule has 106 valence electrons. The predicted octanol–water partition coefficient (Wildman–Crippen LogP) is 2.12. The minimum absolute atomic E-state index is 0. The second-order valence-electron chi connectivity index (χ2n) is 4.20. The lowest BCUT2D eigenvalue weighted by Crippen LogP contribution is -2.28. The largest absolute Gasteiger partial charge is 0.325 e. The van der Waals surface area contributed by atoms with E-state index in [1.54, 1.807) is 27.0 Å². The van der Waals surface area contributed by atoms with Gasteiger partial charge < -0.3 is 10.6 Å². The average Bonchev–Trinajstić information content (AvgIpc) is 2.31. The molecular formula is C12H18ClN3O3. The number of nitro groups is 1. The molecule has 7 heteroatoms. The van der Waals surface area contributed by atoms with E-state index in [0.717, 1.165) is 5.56 Å². The predicted molar refractivity (Wildman–Crippen MR) is 76.8 cm³/mol. The number of rotatable bonds is 5. The Morgan fingerprint density at radius 3 is 2.63 bits per heavy atom. The second-order valence-corrected chi connectivity index (χ2v) is 4.20. The molecule has 0 aliphatic heterocycles. The van der Waals surface area contributed by atoms with Crippen LogP contribution in [0, 0.1) is 23.0 Å². The molecule has 0 heterocycles. The lowest BCUT2D eigenvalue weighted by Gasteiger charge is -2.13. The van der Waals surface area contributed by atoms with Crippen LogP contribution < -0.4 is 10.6 Å². The van der Waals surface area contributed by atoms with Crippen LogP contribution in [-0.4, -0.2) is 24.4 Å². The molecule has 2 N–H and O–H groups in total. The van der Waals surface area contributed by atoms with Crippen molar-refractivity contribution in [3.8, 4) is 0 Å². The Balaban J connectivity index is 0.00000324. The van der Waals surface area contributed by atoms with Crippen molar-refractivity contribution >= 4 is 29.7 Å². The number of benzene rings is 1. The van der Waals surface area contributed by atoms with Crippen LogP contribution in [0.15, 0.2) is 18.2 Å². The fourth-order valence-corrected chi connectivity index (χ4v) is 1.51. The van der Waals surface area contributed by atoms with E-state index >= 15 is 0 Å². The molecule has 6 nitrogen and oxygen atoms in total. The SMILES string of the molecule is CNCC(C)C(=O)Nc1cc([N+](=O)[O-])ccc1C.Cl. The van der Waals surface area contributed by atoms with E-state index < -0.39 is 4.92 Å². The van der Waals surface area contributed by atoms with Gasteiger partial charge in [0.15, 0.2) is 0 Å². The number of anilines is 1. The molecule has 1 atom stereocenters. The summed E-state index contributed by atoms with van der Waals surface area (Å²) in [5.74, 6) is -0.360. The minimum atomic E-state index is -0.480. The van der Waals surface area contributed by atoms with Gasteiger partial charge in [0.1, 0.15) is 0 Å². The third-order valence-corrected chi connectivity index (χ3v) is 2.65.